The maximum Gasteiger partial charge on any atom is 0.145 e. The summed E-state index contributed by atoms with van der Waals surface area (Å²) in [5, 5.41) is 4.06. The third-order valence-electron chi connectivity index (χ3n) is 2.21. The number of anilines is 1. The van der Waals surface area contributed by atoms with Gasteiger partial charge in [0, 0.05) is 12.3 Å². The highest BCUT2D eigenvalue weighted by Crippen LogP contribution is 2.30. The van der Waals surface area contributed by atoms with Gasteiger partial charge in [-0.25, -0.2) is 4.39 Å². The fraction of sp³-hybridized carbons (Fsp3) is 0.182. The zero-order valence-corrected chi connectivity index (χ0v) is 11.6. The smallest absolute Gasteiger partial charge is 0.145 e. The van der Waals surface area contributed by atoms with E-state index in [1.54, 1.807) is 17.1 Å². The molecule has 0 aliphatic rings. The van der Waals surface area contributed by atoms with Gasteiger partial charge in [0.15, 0.2) is 0 Å². The fourth-order valence-electron chi connectivity index (χ4n) is 1.37. The molecule has 1 heterocycles. The third kappa shape index (κ3) is 3.14. The lowest BCUT2D eigenvalue weighted by atomic mass is 10.3. The molecule has 0 bridgehead atoms. The predicted octanol–water partition coefficient (Wildman–Crippen LogP) is 3.10. The Morgan fingerprint density at radius 2 is 2.28 bits per heavy atom. The van der Waals surface area contributed by atoms with Crippen LogP contribution in [0.2, 0.25) is 5.02 Å². The zero-order valence-electron chi connectivity index (χ0n) is 9.24. The minimum Gasteiger partial charge on any atom is -0.490 e. The van der Waals surface area contributed by atoms with Gasteiger partial charge in [0.05, 0.1) is 27.9 Å². The molecular formula is C11H10BrClFN3O. The van der Waals surface area contributed by atoms with Crippen molar-refractivity contribution in [3.05, 3.63) is 39.8 Å². The lowest BCUT2D eigenvalue weighted by Crippen LogP contribution is -2.08. The molecule has 0 saturated heterocycles. The normalized spacial score (nSPS) is 10.6. The van der Waals surface area contributed by atoms with Crippen LogP contribution in [0.15, 0.2) is 29.0 Å². The number of nitrogens with two attached hydrogens (primary N) is 1. The van der Waals surface area contributed by atoms with Gasteiger partial charge in [0.2, 0.25) is 0 Å². The standard InChI is InChI=1S/C11H10BrClFN3O/c12-8-3-9(13)10(14)4-11(8)18-2-1-17-6-7(15)5-16-17/h3-6H,1-2,15H2. The van der Waals surface area contributed by atoms with Crippen LogP contribution < -0.4 is 10.5 Å². The highest BCUT2D eigenvalue weighted by molar-refractivity contribution is 9.10. The van der Waals surface area contributed by atoms with Crippen molar-refractivity contribution < 1.29 is 9.13 Å². The summed E-state index contributed by atoms with van der Waals surface area (Å²) in [6.45, 7) is 0.870. The molecule has 0 aliphatic heterocycles. The van der Waals surface area contributed by atoms with Crippen molar-refractivity contribution in [2.45, 2.75) is 6.54 Å². The Bertz CT molecular complexity index is 561. The topological polar surface area (TPSA) is 53.1 Å². The Morgan fingerprint density at radius 3 is 2.94 bits per heavy atom. The van der Waals surface area contributed by atoms with E-state index < -0.39 is 5.82 Å². The van der Waals surface area contributed by atoms with Crippen LogP contribution in [-0.2, 0) is 6.54 Å². The van der Waals surface area contributed by atoms with Crippen molar-refractivity contribution in [1.82, 2.24) is 9.78 Å². The first-order chi connectivity index (χ1) is 8.56. The highest BCUT2D eigenvalue weighted by Gasteiger charge is 2.07. The highest BCUT2D eigenvalue weighted by atomic mass is 79.9. The van der Waals surface area contributed by atoms with Gasteiger partial charge in [-0.15, -0.1) is 0 Å². The van der Waals surface area contributed by atoms with E-state index in [4.69, 9.17) is 22.1 Å². The molecule has 2 rings (SSSR count). The van der Waals surface area contributed by atoms with Crippen molar-refractivity contribution >= 4 is 33.2 Å². The summed E-state index contributed by atoms with van der Waals surface area (Å²) in [7, 11) is 0. The molecule has 1 aromatic heterocycles. The molecule has 7 heteroatoms. The van der Waals surface area contributed by atoms with Crippen LogP contribution in [0.3, 0.4) is 0 Å². The summed E-state index contributed by atoms with van der Waals surface area (Å²) >= 11 is 8.88. The second-order valence-corrected chi connectivity index (χ2v) is 4.84. The molecule has 0 aliphatic carbocycles. The Hall–Kier alpha value is -1.27. The lowest BCUT2D eigenvalue weighted by Gasteiger charge is -2.09. The van der Waals surface area contributed by atoms with E-state index in [-0.39, 0.29) is 5.02 Å². The van der Waals surface area contributed by atoms with E-state index in [1.807, 2.05) is 0 Å². The average molecular weight is 335 g/mol. The molecule has 0 radical (unpaired) electrons. The summed E-state index contributed by atoms with van der Waals surface area (Å²) in [6, 6.07) is 2.70. The average Bonchev–Trinajstić information content (AvgIpc) is 2.71. The summed E-state index contributed by atoms with van der Waals surface area (Å²) < 4.78 is 20.9. The van der Waals surface area contributed by atoms with Crippen LogP contribution in [0.25, 0.3) is 0 Å². The zero-order chi connectivity index (χ0) is 13.1. The molecule has 0 amide bonds. The predicted molar refractivity (Wildman–Crippen MR) is 71.2 cm³/mol. The maximum absolute atomic E-state index is 13.2. The summed E-state index contributed by atoms with van der Waals surface area (Å²) in [5.74, 6) is -0.116. The van der Waals surface area contributed by atoms with Gasteiger partial charge in [-0.1, -0.05) is 11.6 Å². The van der Waals surface area contributed by atoms with Crippen molar-refractivity contribution in [3.8, 4) is 5.75 Å². The van der Waals surface area contributed by atoms with Crippen LogP contribution in [0.4, 0.5) is 10.1 Å². The maximum atomic E-state index is 13.2. The number of halogens is 3. The molecule has 96 valence electrons. The summed E-state index contributed by atoms with van der Waals surface area (Å²) in [6.07, 6.45) is 3.25. The van der Waals surface area contributed by atoms with Crippen molar-refractivity contribution in [2.75, 3.05) is 12.3 Å². The van der Waals surface area contributed by atoms with Gasteiger partial charge < -0.3 is 10.5 Å². The number of nitrogen functional groups attached to an aromatic ring is 1. The second kappa shape index (κ2) is 5.58. The molecule has 2 N–H and O–H groups in total. The minimum absolute atomic E-state index is 0.0501. The van der Waals surface area contributed by atoms with Gasteiger partial charge in [0.1, 0.15) is 18.2 Å². The first kappa shape index (κ1) is 13.2. The molecular weight excluding hydrogens is 324 g/mol. The monoisotopic (exact) mass is 333 g/mol. The van der Waals surface area contributed by atoms with Crippen LogP contribution in [0.5, 0.6) is 5.75 Å². The van der Waals surface area contributed by atoms with E-state index >= 15 is 0 Å². The minimum atomic E-state index is -0.516. The summed E-state index contributed by atoms with van der Waals surface area (Å²) in [5.41, 5.74) is 6.12. The van der Waals surface area contributed by atoms with E-state index in [0.29, 0.717) is 29.1 Å². The van der Waals surface area contributed by atoms with Gasteiger partial charge in [-0.05, 0) is 22.0 Å². The summed E-state index contributed by atoms with van der Waals surface area (Å²) in [4.78, 5) is 0. The Kier molecular flexibility index (Phi) is 4.08. The largest absolute Gasteiger partial charge is 0.490 e. The van der Waals surface area contributed by atoms with Crippen LogP contribution in [0, 0.1) is 5.82 Å². The van der Waals surface area contributed by atoms with E-state index in [9.17, 15) is 4.39 Å². The number of hydrogen-bond donors (Lipinski definition) is 1. The molecule has 4 nitrogen and oxygen atoms in total. The number of ether oxygens (including phenoxy) is 1. The number of hydrogen-bond acceptors (Lipinski definition) is 3. The van der Waals surface area contributed by atoms with E-state index in [0.717, 1.165) is 0 Å². The quantitative estimate of drug-likeness (QED) is 0.874. The Labute approximate surface area is 117 Å². The third-order valence-corrected chi connectivity index (χ3v) is 3.12. The SMILES string of the molecule is Nc1cnn(CCOc2cc(F)c(Cl)cc2Br)c1. The first-order valence-electron chi connectivity index (χ1n) is 5.11. The van der Waals surface area contributed by atoms with Crippen LogP contribution >= 0.6 is 27.5 Å². The number of rotatable bonds is 4. The Balaban J connectivity index is 1.96. The number of benzene rings is 1. The van der Waals surface area contributed by atoms with Gasteiger partial charge >= 0.3 is 0 Å². The van der Waals surface area contributed by atoms with E-state index in [1.165, 1.54) is 12.1 Å². The van der Waals surface area contributed by atoms with Crippen LogP contribution in [0.1, 0.15) is 0 Å². The molecule has 0 fully saturated rings. The second-order valence-electron chi connectivity index (χ2n) is 3.58. The van der Waals surface area contributed by atoms with Crippen LogP contribution in [-0.4, -0.2) is 16.4 Å². The van der Waals surface area contributed by atoms with Crippen molar-refractivity contribution in [2.24, 2.45) is 0 Å². The Morgan fingerprint density at radius 1 is 1.50 bits per heavy atom. The lowest BCUT2D eigenvalue weighted by molar-refractivity contribution is 0.288. The number of aromatic nitrogens is 2. The molecule has 1 aromatic carbocycles. The first-order valence-corrected chi connectivity index (χ1v) is 6.28. The van der Waals surface area contributed by atoms with Crippen molar-refractivity contribution in [1.29, 1.82) is 0 Å². The number of nitrogens with zero attached hydrogens (tertiary/aromatic N) is 2. The van der Waals surface area contributed by atoms with E-state index in [2.05, 4.69) is 21.0 Å². The van der Waals surface area contributed by atoms with Gasteiger partial charge in [-0.2, -0.15) is 5.10 Å². The molecule has 0 atom stereocenters. The van der Waals surface area contributed by atoms with Crippen molar-refractivity contribution in [3.63, 3.8) is 0 Å². The molecule has 18 heavy (non-hydrogen) atoms. The molecule has 0 saturated carbocycles. The molecule has 0 unspecified atom stereocenters. The molecule has 0 spiro atoms. The van der Waals surface area contributed by atoms with Gasteiger partial charge in [0.25, 0.3) is 0 Å². The molecule has 2 aromatic rings. The fourth-order valence-corrected chi connectivity index (χ4v) is 2.12. The van der Waals surface area contributed by atoms with Gasteiger partial charge in [-0.3, -0.25) is 4.68 Å².